The quantitative estimate of drug-likeness (QED) is 0.779. The average molecular weight is 299 g/mol. The van der Waals surface area contributed by atoms with E-state index < -0.39 is 23.7 Å². The zero-order chi connectivity index (χ0) is 16.0. The van der Waals surface area contributed by atoms with E-state index in [1.807, 2.05) is 13.8 Å². The fraction of sp³-hybridized carbons (Fsp3) is 0.750. The fourth-order valence-corrected chi connectivity index (χ4v) is 1.49. The maximum Gasteiger partial charge on any atom is 0.408 e. The van der Waals surface area contributed by atoms with Crippen LogP contribution in [0.4, 0.5) is 4.79 Å². The Balaban J connectivity index is 2.66. The number of tetrazole rings is 1. The number of carbonyl (C=O) groups is 2. The van der Waals surface area contributed by atoms with Crippen molar-refractivity contribution in [3.05, 3.63) is 0 Å². The number of aromatic nitrogens is 4. The molecule has 1 rings (SSSR count). The summed E-state index contributed by atoms with van der Waals surface area (Å²) < 4.78 is 10.1. The van der Waals surface area contributed by atoms with Gasteiger partial charge in [-0.2, -0.15) is 5.21 Å². The Morgan fingerprint density at radius 3 is 2.48 bits per heavy atom. The van der Waals surface area contributed by atoms with Crippen LogP contribution in [0.2, 0.25) is 0 Å². The molecule has 1 aromatic heterocycles. The number of nitrogens with zero attached hydrogens (tertiary/aromatic N) is 3. The Kier molecular flexibility index (Phi) is 5.62. The average Bonchev–Trinajstić information content (AvgIpc) is 2.77. The van der Waals surface area contributed by atoms with Crippen molar-refractivity contribution in [2.45, 2.75) is 52.7 Å². The molecule has 0 aliphatic heterocycles. The molecule has 0 saturated heterocycles. The van der Waals surface area contributed by atoms with Crippen LogP contribution < -0.4 is 10.1 Å². The van der Waals surface area contributed by atoms with E-state index >= 15 is 0 Å². The van der Waals surface area contributed by atoms with E-state index in [1.54, 1.807) is 20.8 Å². The summed E-state index contributed by atoms with van der Waals surface area (Å²) in [5, 5.41) is 15.0. The van der Waals surface area contributed by atoms with Crippen LogP contribution in [0.15, 0.2) is 0 Å². The molecule has 1 heterocycles. The lowest BCUT2D eigenvalue weighted by Gasteiger charge is -2.23. The molecule has 118 valence electrons. The summed E-state index contributed by atoms with van der Waals surface area (Å²) in [6.45, 7) is 9.06. The molecule has 0 aliphatic rings. The summed E-state index contributed by atoms with van der Waals surface area (Å²) in [5.41, 5.74) is -0.649. The van der Waals surface area contributed by atoms with Crippen LogP contribution in [0.25, 0.3) is 0 Å². The highest BCUT2D eigenvalue weighted by Gasteiger charge is 2.27. The number of H-pyrrole nitrogens is 1. The third-order valence-electron chi connectivity index (χ3n) is 2.20. The number of alkyl carbamates (subject to hydrolysis) is 1. The van der Waals surface area contributed by atoms with Gasteiger partial charge in [0, 0.05) is 0 Å². The van der Waals surface area contributed by atoms with Crippen molar-refractivity contribution in [1.29, 1.82) is 0 Å². The van der Waals surface area contributed by atoms with Crippen molar-refractivity contribution < 1.29 is 19.1 Å². The molecule has 1 atom stereocenters. The van der Waals surface area contributed by atoms with Gasteiger partial charge in [0.25, 0.3) is 0 Å². The van der Waals surface area contributed by atoms with Crippen molar-refractivity contribution in [3.8, 4) is 6.01 Å². The first-order valence-electron chi connectivity index (χ1n) is 6.62. The molecular formula is C12H21N5O4. The number of esters is 1. The molecule has 21 heavy (non-hydrogen) atoms. The second-order valence-corrected chi connectivity index (χ2v) is 5.94. The fourth-order valence-electron chi connectivity index (χ4n) is 1.49. The number of aromatic amines is 1. The molecule has 0 aromatic carbocycles. The van der Waals surface area contributed by atoms with Gasteiger partial charge in [-0.3, -0.25) is 0 Å². The SMILES string of the molecule is CC(C)C[C@H](NC(=O)OC(C)(C)C)C(=O)Oc1nn[nH]n1. The van der Waals surface area contributed by atoms with Gasteiger partial charge in [0.05, 0.1) is 0 Å². The summed E-state index contributed by atoms with van der Waals surface area (Å²) in [4.78, 5) is 23.8. The summed E-state index contributed by atoms with van der Waals surface area (Å²) in [7, 11) is 0. The third kappa shape index (κ3) is 6.68. The van der Waals surface area contributed by atoms with E-state index in [4.69, 9.17) is 9.47 Å². The van der Waals surface area contributed by atoms with Crippen LogP contribution in [0.3, 0.4) is 0 Å². The molecule has 0 spiro atoms. The van der Waals surface area contributed by atoms with E-state index in [0.717, 1.165) is 0 Å². The minimum atomic E-state index is -0.849. The molecule has 0 radical (unpaired) electrons. The Labute approximate surface area is 122 Å². The topological polar surface area (TPSA) is 119 Å². The molecule has 1 amide bonds. The van der Waals surface area contributed by atoms with Gasteiger partial charge in [-0.05, 0) is 38.3 Å². The zero-order valence-electron chi connectivity index (χ0n) is 12.8. The first-order chi connectivity index (χ1) is 9.67. The van der Waals surface area contributed by atoms with Gasteiger partial charge in [-0.15, -0.1) is 0 Å². The third-order valence-corrected chi connectivity index (χ3v) is 2.20. The van der Waals surface area contributed by atoms with E-state index in [-0.39, 0.29) is 11.9 Å². The second kappa shape index (κ2) is 7.00. The van der Waals surface area contributed by atoms with Crippen LogP contribution in [0.1, 0.15) is 41.0 Å². The molecule has 1 aromatic rings. The first-order valence-corrected chi connectivity index (χ1v) is 6.62. The van der Waals surface area contributed by atoms with Crippen LogP contribution in [-0.4, -0.2) is 44.3 Å². The highest BCUT2D eigenvalue weighted by Crippen LogP contribution is 2.11. The number of ether oxygens (including phenoxy) is 2. The molecule has 9 heteroatoms. The Bertz CT molecular complexity index is 466. The normalized spacial score (nSPS) is 12.9. The lowest BCUT2D eigenvalue weighted by atomic mass is 10.0. The highest BCUT2D eigenvalue weighted by molar-refractivity contribution is 5.82. The molecule has 2 N–H and O–H groups in total. The molecular weight excluding hydrogens is 278 g/mol. The Hall–Kier alpha value is -2.19. The number of hydrogen-bond donors (Lipinski definition) is 2. The summed E-state index contributed by atoms with van der Waals surface area (Å²) in [5.74, 6) is -0.501. The number of rotatable bonds is 5. The van der Waals surface area contributed by atoms with E-state index in [1.165, 1.54) is 0 Å². The van der Waals surface area contributed by atoms with Gasteiger partial charge >= 0.3 is 18.1 Å². The van der Waals surface area contributed by atoms with Gasteiger partial charge in [0.2, 0.25) is 0 Å². The van der Waals surface area contributed by atoms with Crippen molar-refractivity contribution in [1.82, 2.24) is 25.9 Å². The lowest BCUT2D eigenvalue weighted by molar-refractivity contribution is -0.137. The number of hydrogen-bond acceptors (Lipinski definition) is 7. The summed E-state index contributed by atoms with van der Waals surface area (Å²) in [6, 6.07) is -1.04. The highest BCUT2D eigenvalue weighted by atomic mass is 16.6. The maximum absolute atomic E-state index is 12.0. The Morgan fingerprint density at radius 2 is 2.00 bits per heavy atom. The van der Waals surface area contributed by atoms with Gasteiger partial charge in [0.1, 0.15) is 11.6 Å². The van der Waals surface area contributed by atoms with Gasteiger partial charge in [0.15, 0.2) is 0 Å². The molecule has 9 nitrogen and oxygen atoms in total. The molecule has 0 saturated carbocycles. The number of carbonyl (C=O) groups excluding carboxylic acids is 2. The molecule has 0 aliphatic carbocycles. The second-order valence-electron chi connectivity index (χ2n) is 5.94. The minimum Gasteiger partial charge on any atom is -0.444 e. The predicted molar refractivity (Wildman–Crippen MR) is 72.4 cm³/mol. The summed E-state index contributed by atoms with van der Waals surface area (Å²) in [6.07, 6.45) is -0.283. The standard InChI is InChI=1S/C12H21N5O4/c1-7(2)6-8(13-11(19)21-12(3,4)5)9(18)20-10-14-16-17-15-10/h7-8H,6H2,1-5H3,(H,13,19)(H,14,15,16,17)/t8-/m0/s1. The first kappa shape index (κ1) is 16.9. The van der Waals surface area contributed by atoms with Crippen molar-refractivity contribution >= 4 is 12.1 Å². The molecule has 0 unspecified atom stereocenters. The lowest BCUT2D eigenvalue weighted by Crippen LogP contribution is -2.45. The van der Waals surface area contributed by atoms with Crippen LogP contribution in [0.5, 0.6) is 6.01 Å². The van der Waals surface area contributed by atoms with Gasteiger partial charge < -0.3 is 14.8 Å². The van der Waals surface area contributed by atoms with Gasteiger partial charge in [-0.25, -0.2) is 9.59 Å². The monoisotopic (exact) mass is 299 g/mol. The van der Waals surface area contributed by atoms with Crippen molar-refractivity contribution in [2.75, 3.05) is 0 Å². The van der Waals surface area contributed by atoms with Crippen molar-refractivity contribution in [3.63, 3.8) is 0 Å². The Morgan fingerprint density at radius 1 is 1.33 bits per heavy atom. The van der Waals surface area contributed by atoms with Crippen LogP contribution >= 0.6 is 0 Å². The number of nitrogens with one attached hydrogen (secondary N) is 2. The number of amides is 1. The van der Waals surface area contributed by atoms with Crippen LogP contribution in [-0.2, 0) is 9.53 Å². The van der Waals surface area contributed by atoms with E-state index in [9.17, 15) is 9.59 Å². The van der Waals surface area contributed by atoms with Crippen molar-refractivity contribution in [2.24, 2.45) is 5.92 Å². The zero-order valence-corrected chi connectivity index (χ0v) is 12.8. The maximum atomic E-state index is 12.0. The minimum absolute atomic E-state index is 0.169. The molecule has 0 fully saturated rings. The van der Waals surface area contributed by atoms with E-state index in [2.05, 4.69) is 25.9 Å². The molecule has 0 bridgehead atoms. The predicted octanol–water partition coefficient (Wildman–Crippen LogP) is 1.04. The van der Waals surface area contributed by atoms with Gasteiger partial charge in [-0.1, -0.05) is 24.0 Å². The summed E-state index contributed by atoms with van der Waals surface area (Å²) >= 11 is 0. The van der Waals surface area contributed by atoms with E-state index in [0.29, 0.717) is 6.42 Å². The largest absolute Gasteiger partial charge is 0.444 e. The van der Waals surface area contributed by atoms with Crippen LogP contribution in [0, 0.1) is 5.92 Å². The smallest absolute Gasteiger partial charge is 0.408 e.